The Morgan fingerprint density at radius 3 is 2.41 bits per heavy atom. The smallest absolute Gasteiger partial charge is 0.299 e. The molecule has 10 heteroatoms. The molecule has 0 atom stereocenters. The topological polar surface area (TPSA) is 80.1 Å². The number of imidazole rings is 1. The van der Waals surface area contributed by atoms with Gasteiger partial charge in [0.25, 0.3) is 11.9 Å². The molecular formula is C24H36ClN5O4. The van der Waals surface area contributed by atoms with Crippen molar-refractivity contribution >= 4 is 30.1 Å². The molecule has 9 nitrogen and oxygen atoms in total. The molecule has 1 aromatic heterocycles. The van der Waals surface area contributed by atoms with Crippen molar-refractivity contribution < 1.29 is 19.1 Å². The van der Waals surface area contributed by atoms with Gasteiger partial charge in [-0.3, -0.25) is 14.3 Å². The highest BCUT2D eigenvalue weighted by Crippen LogP contribution is 2.28. The summed E-state index contributed by atoms with van der Waals surface area (Å²) in [6.45, 7) is 9.76. The summed E-state index contributed by atoms with van der Waals surface area (Å²) in [6.07, 6.45) is 0.883. The lowest BCUT2D eigenvalue weighted by Gasteiger charge is -2.26. The van der Waals surface area contributed by atoms with E-state index in [-0.39, 0.29) is 5.91 Å². The van der Waals surface area contributed by atoms with Gasteiger partial charge in [0, 0.05) is 52.3 Å². The van der Waals surface area contributed by atoms with Gasteiger partial charge in [-0.2, -0.15) is 4.98 Å². The van der Waals surface area contributed by atoms with Crippen LogP contribution in [-0.2, 0) is 16.1 Å². The Kier molecular flexibility index (Phi) is 11.3. The van der Waals surface area contributed by atoms with Crippen molar-refractivity contribution in [2.75, 3.05) is 72.0 Å². The predicted molar refractivity (Wildman–Crippen MR) is 134 cm³/mol. The molecule has 188 valence electrons. The van der Waals surface area contributed by atoms with Gasteiger partial charge < -0.3 is 24.1 Å². The SMILES string of the molecule is C=O.CCCN(C)C(=O)c1c(N(C)C)nc(OCCN2CCOCC2)n1Cc1ccc(Cl)cc1. The third-order valence-electron chi connectivity index (χ3n) is 5.44. The van der Waals surface area contributed by atoms with Gasteiger partial charge >= 0.3 is 0 Å². The summed E-state index contributed by atoms with van der Waals surface area (Å²) in [5.74, 6) is 0.535. The fourth-order valence-electron chi connectivity index (χ4n) is 3.68. The van der Waals surface area contributed by atoms with Crippen molar-refractivity contribution in [3.8, 4) is 6.01 Å². The molecule has 0 spiro atoms. The second kappa shape index (κ2) is 13.9. The van der Waals surface area contributed by atoms with Crippen molar-refractivity contribution in [2.45, 2.75) is 19.9 Å². The molecule has 3 rings (SSSR count). The van der Waals surface area contributed by atoms with E-state index in [9.17, 15) is 4.79 Å². The Hall–Kier alpha value is -2.62. The van der Waals surface area contributed by atoms with Crippen LogP contribution in [0.4, 0.5) is 5.82 Å². The maximum Gasteiger partial charge on any atom is 0.299 e. The number of amides is 1. The summed E-state index contributed by atoms with van der Waals surface area (Å²) < 4.78 is 13.4. The van der Waals surface area contributed by atoms with Crippen LogP contribution >= 0.6 is 11.6 Å². The largest absolute Gasteiger partial charge is 0.463 e. The van der Waals surface area contributed by atoms with Gasteiger partial charge in [-0.25, -0.2) is 0 Å². The zero-order valence-electron chi connectivity index (χ0n) is 20.6. The minimum Gasteiger partial charge on any atom is -0.463 e. The summed E-state index contributed by atoms with van der Waals surface area (Å²) >= 11 is 6.07. The third-order valence-corrected chi connectivity index (χ3v) is 5.69. The Morgan fingerprint density at radius 1 is 1.18 bits per heavy atom. The van der Waals surface area contributed by atoms with Crippen LogP contribution < -0.4 is 9.64 Å². The van der Waals surface area contributed by atoms with Gasteiger partial charge in [0.2, 0.25) is 0 Å². The standard InChI is InChI=1S/C23H34ClN5O3.CH2O/c1-5-10-27(4)22(30)20-21(26(2)3)25-23(32-16-13-28-11-14-31-15-12-28)29(20)17-18-6-8-19(24)9-7-18;1-2/h6-9H,5,10-17H2,1-4H3;1H2. The van der Waals surface area contributed by atoms with Crippen LogP contribution in [0.2, 0.25) is 5.02 Å². The van der Waals surface area contributed by atoms with Crippen LogP contribution in [0.1, 0.15) is 29.4 Å². The van der Waals surface area contributed by atoms with Crippen LogP contribution in [0.5, 0.6) is 6.01 Å². The van der Waals surface area contributed by atoms with E-state index in [1.54, 1.807) is 4.90 Å². The quantitative estimate of drug-likeness (QED) is 0.503. The Bertz CT molecular complexity index is 898. The highest BCUT2D eigenvalue weighted by atomic mass is 35.5. The van der Waals surface area contributed by atoms with Gasteiger partial charge in [-0.1, -0.05) is 30.7 Å². The second-order valence-electron chi connectivity index (χ2n) is 8.20. The van der Waals surface area contributed by atoms with Gasteiger partial charge in [0.15, 0.2) is 11.5 Å². The number of aromatic nitrogens is 2. The number of rotatable bonds is 10. The molecule has 0 N–H and O–H groups in total. The average molecular weight is 494 g/mol. The molecule has 1 fully saturated rings. The normalized spacial score (nSPS) is 13.7. The number of benzene rings is 1. The first-order chi connectivity index (χ1) is 16.4. The zero-order chi connectivity index (χ0) is 25.1. The summed E-state index contributed by atoms with van der Waals surface area (Å²) in [7, 11) is 5.61. The Labute approximate surface area is 207 Å². The van der Waals surface area contributed by atoms with Crippen LogP contribution in [-0.4, -0.2) is 99.2 Å². The fraction of sp³-hybridized carbons (Fsp3) is 0.542. The van der Waals surface area contributed by atoms with E-state index in [0.717, 1.165) is 44.8 Å². The highest BCUT2D eigenvalue weighted by molar-refractivity contribution is 6.30. The number of morpholine rings is 1. The highest BCUT2D eigenvalue weighted by Gasteiger charge is 2.28. The number of hydrogen-bond acceptors (Lipinski definition) is 7. The maximum absolute atomic E-state index is 13.4. The van der Waals surface area contributed by atoms with Gasteiger partial charge in [0.05, 0.1) is 19.8 Å². The number of hydrogen-bond donors (Lipinski definition) is 0. The number of halogens is 1. The molecule has 2 aromatic rings. The van der Waals surface area contributed by atoms with E-state index in [2.05, 4.69) is 11.8 Å². The van der Waals surface area contributed by atoms with E-state index >= 15 is 0 Å². The molecule has 0 aliphatic carbocycles. The van der Waals surface area contributed by atoms with E-state index < -0.39 is 0 Å². The molecule has 1 amide bonds. The van der Waals surface area contributed by atoms with E-state index in [1.165, 1.54) is 0 Å². The van der Waals surface area contributed by atoms with Crippen LogP contribution in [0, 0.1) is 0 Å². The molecule has 2 heterocycles. The van der Waals surface area contributed by atoms with Crippen LogP contribution in [0.15, 0.2) is 24.3 Å². The fourth-order valence-corrected chi connectivity index (χ4v) is 3.81. The number of carbonyl (C=O) groups is 2. The molecule has 0 saturated carbocycles. The van der Waals surface area contributed by atoms with E-state index in [4.69, 9.17) is 30.9 Å². The zero-order valence-corrected chi connectivity index (χ0v) is 21.4. The summed E-state index contributed by atoms with van der Waals surface area (Å²) in [4.78, 5) is 32.0. The second-order valence-corrected chi connectivity index (χ2v) is 8.64. The lowest BCUT2D eigenvalue weighted by atomic mass is 10.2. The Balaban J connectivity index is 0.00000199. The third kappa shape index (κ3) is 7.44. The lowest BCUT2D eigenvalue weighted by molar-refractivity contribution is -0.0980. The van der Waals surface area contributed by atoms with Crippen LogP contribution in [0.25, 0.3) is 0 Å². The molecule has 1 aliphatic heterocycles. The minimum absolute atomic E-state index is 0.0694. The molecule has 1 aliphatic rings. The summed E-state index contributed by atoms with van der Waals surface area (Å²) in [5, 5.41) is 0.675. The predicted octanol–water partition coefficient (Wildman–Crippen LogP) is 2.66. The number of nitrogens with zero attached hydrogens (tertiary/aromatic N) is 5. The first kappa shape index (κ1) is 27.6. The molecule has 0 radical (unpaired) electrons. The van der Waals surface area contributed by atoms with Gasteiger partial charge in [-0.15, -0.1) is 0 Å². The monoisotopic (exact) mass is 493 g/mol. The number of carbonyl (C=O) groups excluding carboxylic acids is 2. The van der Waals surface area contributed by atoms with E-state index in [1.807, 2.05) is 61.7 Å². The Morgan fingerprint density at radius 2 is 1.82 bits per heavy atom. The first-order valence-corrected chi connectivity index (χ1v) is 11.8. The van der Waals surface area contributed by atoms with Crippen molar-refractivity contribution in [3.63, 3.8) is 0 Å². The average Bonchev–Trinajstić information content (AvgIpc) is 3.20. The maximum atomic E-state index is 13.4. The van der Waals surface area contributed by atoms with Crippen molar-refractivity contribution in [3.05, 3.63) is 40.5 Å². The number of ether oxygens (including phenoxy) is 2. The van der Waals surface area contributed by atoms with Gasteiger partial charge in [0.1, 0.15) is 13.4 Å². The molecule has 0 unspecified atom stereocenters. The molecule has 0 bridgehead atoms. The minimum atomic E-state index is -0.0694. The number of anilines is 1. The molecule has 34 heavy (non-hydrogen) atoms. The molecule has 1 aromatic carbocycles. The molecular weight excluding hydrogens is 458 g/mol. The summed E-state index contributed by atoms with van der Waals surface area (Å²) in [5.41, 5.74) is 1.55. The van der Waals surface area contributed by atoms with Crippen molar-refractivity contribution in [1.29, 1.82) is 0 Å². The van der Waals surface area contributed by atoms with Crippen LogP contribution in [0.3, 0.4) is 0 Å². The van der Waals surface area contributed by atoms with E-state index in [0.29, 0.717) is 42.2 Å². The van der Waals surface area contributed by atoms with Crippen molar-refractivity contribution in [2.24, 2.45) is 0 Å². The van der Waals surface area contributed by atoms with Gasteiger partial charge in [-0.05, 0) is 24.1 Å². The van der Waals surface area contributed by atoms with Crippen molar-refractivity contribution in [1.82, 2.24) is 19.4 Å². The first-order valence-electron chi connectivity index (χ1n) is 11.4. The molecule has 1 saturated heterocycles. The summed E-state index contributed by atoms with van der Waals surface area (Å²) in [6, 6.07) is 8.07. The lowest BCUT2D eigenvalue weighted by Crippen LogP contribution is -2.38.